The lowest BCUT2D eigenvalue weighted by molar-refractivity contribution is -0.139. The smallest absolute Gasteiger partial charge is 0.338 e. The third-order valence-corrected chi connectivity index (χ3v) is 4.97. The number of thioether (sulfide) groups is 1. The molecule has 0 saturated carbocycles. The van der Waals surface area contributed by atoms with E-state index in [2.05, 4.69) is 29.2 Å². The van der Waals surface area contributed by atoms with E-state index in [1.807, 2.05) is 31.2 Å². The summed E-state index contributed by atoms with van der Waals surface area (Å²) in [5.41, 5.74) is 2.15. The zero-order valence-corrected chi connectivity index (χ0v) is 17.5. The summed E-state index contributed by atoms with van der Waals surface area (Å²) in [5.74, 6) is 1.89. The van der Waals surface area contributed by atoms with Gasteiger partial charge in [0.1, 0.15) is 11.8 Å². The number of aromatic nitrogens is 3. The van der Waals surface area contributed by atoms with Gasteiger partial charge in [-0.1, -0.05) is 37.7 Å². The predicted octanol–water partition coefficient (Wildman–Crippen LogP) is 4.03. The third kappa shape index (κ3) is 4.16. The number of ether oxygens (including phenoxy) is 2. The van der Waals surface area contributed by atoms with Crippen LogP contribution in [0.2, 0.25) is 0 Å². The van der Waals surface area contributed by atoms with Crippen molar-refractivity contribution in [1.29, 1.82) is 0 Å². The molecule has 0 spiro atoms. The summed E-state index contributed by atoms with van der Waals surface area (Å²) in [6.45, 7) is 8.73. The average Bonchev–Trinajstić information content (AvgIpc) is 3.07. The number of carbonyl (C=O) groups excluding carboxylic acids is 1. The van der Waals surface area contributed by atoms with Crippen LogP contribution in [-0.4, -0.2) is 39.7 Å². The SMILES string of the molecule is CCCOc1cccc(C2C(C(=O)OCC)=C(C)Nc3nc(SCC)nn32)c1. The zero-order chi connectivity index (χ0) is 20.1. The van der Waals surface area contributed by atoms with E-state index in [9.17, 15) is 4.79 Å². The number of rotatable bonds is 8. The number of hydrogen-bond acceptors (Lipinski definition) is 7. The van der Waals surface area contributed by atoms with Crippen LogP contribution in [0.4, 0.5) is 5.95 Å². The van der Waals surface area contributed by atoms with Crippen molar-refractivity contribution in [2.75, 3.05) is 24.3 Å². The fourth-order valence-corrected chi connectivity index (χ4v) is 3.65. The van der Waals surface area contributed by atoms with Crippen molar-refractivity contribution in [3.63, 3.8) is 0 Å². The zero-order valence-electron chi connectivity index (χ0n) is 16.7. The monoisotopic (exact) mass is 402 g/mol. The molecule has 2 aromatic rings. The van der Waals surface area contributed by atoms with E-state index in [1.54, 1.807) is 23.4 Å². The number of anilines is 1. The Morgan fingerprint density at radius 3 is 2.86 bits per heavy atom. The summed E-state index contributed by atoms with van der Waals surface area (Å²) >= 11 is 1.56. The number of hydrogen-bond donors (Lipinski definition) is 1. The molecule has 0 bridgehead atoms. The maximum Gasteiger partial charge on any atom is 0.338 e. The van der Waals surface area contributed by atoms with Crippen molar-refractivity contribution in [1.82, 2.24) is 14.8 Å². The quantitative estimate of drug-likeness (QED) is 0.527. The van der Waals surface area contributed by atoms with E-state index in [0.29, 0.717) is 29.9 Å². The molecule has 0 radical (unpaired) electrons. The molecule has 0 amide bonds. The minimum Gasteiger partial charge on any atom is -0.494 e. The molecule has 0 saturated heterocycles. The molecule has 8 heteroatoms. The molecule has 0 aliphatic carbocycles. The van der Waals surface area contributed by atoms with Crippen LogP contribution in [0.25, 0.3) is 0 Å². The van der Waals surface area contributed by atoms with E-state index < -0.39 is 6.04 Å². The molecule has 7 nitrogen and oxygen atoms in total. The maximum atomic E-state index is 12.8. The van der Waals surface area contributed by atoms with E-state index in [1.165, 1.54) is 0 Å². The summed E-state index contributed by atoms with van der Waals surface area (Å²) in [7, 11) is 0. The van der Waals surface area contributed by atoms with Gasteiger partial charge >= 0.3 is 5.97 Å². The Hall–Kier alpha value is -2.48. The largest absolute Gasteiger partial charge is 0.494 e. The number of esters is 1. The lowest BCUT2D eigenvalue weighted by Gasteiger charge is -2.28. The van der Waals surface area contributed by atoms with E-state index >= 15 is 0 Å². The summed E-state index contributed by atoms with van der Waals surface area (Å²) in [5, 5.41) is 8.51. The molecule has 3 rings (SSSR count). The number of nitrogens with zero attached hydrogens (tertiary/aromatic N) is 3. The van der Waals surface area contributed by atoms with Gasteiger partial charge in [0.25, 0.3) is 0 Å². The molecular formula is C20H26N4O3S. The van der Waals surface area contributed by atoms with Crippen LogP contribution in [0.15, 0.2) is 40.7 Å². The fourth-order valence-electron chi connectivity index (χ4n) is 3.10. The highest BCUT2D eigenvalue weighted by atomic mass is 32.2. The molecule has 1 N–H and O–H groups in total. The summed E-state index contributed by atoms with van der Waals surface area (Å²) < 4.78 is 12.9. The van der Waals surface area contributed by atoms with Crippen LogP contribution in [-0.2, 0) is 9.53 Å². The van der Waals surface area contributed by atoms with Gasteiger partial charge in [0.15, 0.2) is 0 Å². The van der Waals surface area contributed by atoms with Gasteiger partial charge in [0.2, 0.25) is 11.1 Å². The van der Waals surface area contributed by atoms with E-state index in [0.717, 1.165) is 29.2 Å². The Labute approximate surface area is 169 Å². The molecule has 1 unspecified atom stereocenters. The number of fused-ring (bicyclic) bond motifs is 1. The minimum atomic E-state index is -0.431. The molecule has 1 atom stereocenters. The van der Waals surface area contributed by atoms with Crippen molar-refractivity contribution < 1.29 is 14.3 Å². The first-order valence-electron chi connectivity index (χ1n) is 9.56. The van der Waals surface area contributed by atoms with Crippen molar-refractivity contribution >= 4 is 23.7 Å². The van der Waals surface area contributed by atoms with Crippen molar-refractivity contribution in [2.45, 2.75) is 45.3 Å². The fraction of sp³-hybridized carbons (Fsp3) is 0.450. The molecular weight excluding hydrogens is 376 g/mol. The first-order chi connectivity index (χ1) is 13.6. The van der Waals surface area contributed by atoms with Crippen LogP contribution >= 0.6 is 11.8 Å². The van der Waals surface area contributed by atoms with Gasteiger partial charge in [-0.15, -0.1) is 5.10 Å². The van der Waals surface area contributed by atoms with Crippen LogP contribution in [0, 0.1) is 0 Å². The molecule has 0 fully saturated rings. The molecule has 2 heterocycles. The van der Waals surface area contributed by atoms with Crippen molar-refractivity contribution in [2.24, 2.45) is 0 Å². The second-order valence-electron chi connectivity index (χ2n) is 6.30. The van der Waals surface area contributed by atoms with E-state index in [-0.39, 0.29) is 5.97 Å². The summed E-state index contributed by atoms with van der Waals surface area (Å²) in [4.78, 5) is 17.3. The van der Waals surface area contributed by atoms with E-state index in [4.69, 9.17) is 9.47 Å². The van der Waals surface area contributed by atoms with Crippen LogP contribution in [0.5, 0.6) is 5.75 Å². The first kappa shape index (κ1) is 20.3. The second kappa shape index (κ2) is 9.14. The Kier molecular flexibility index (Phi) is 6.61. The topological polar surface area (TPSA) is 78.3 Å². The molecule has 1 aromatic heterocycles. The Balaban J connectivity index is 2.08. The highest BCUT2D eigenvalue weighted by Crippen LogP contribution is 2.37. The third-order valence-electron chi connectivity index (χ3n) is 4.25. The van der Waals surface area contributed by atoms with Gasteiger partial charge in [0, 0.05) is 5.70 Å². The number of nitrogens with one attached hydrogen (secondary N) is 1. The molecule has 1 aliphatic heterocycles. The number of benzene rings is 1. The van der Waals surface area contributed by atoms with Gasteiger partial charge in [-0.25, -0.2) is 9.48 Å². The number of allylic oxidation sites excluding steroid dienone is 1. The molecule has 28 heavy (non-hydrogen) atoms. The molecule has 1 aliphatic rings. The lowest BCUT2D eigenvalue weighted by atomic mass is 9.95. The van der Waals surface area contributed by atoms with Gasteiger partial charge in [-0.05, 0) is 43.7 Å². The Bertz CT molecular complexity index is 878. The summed E-state index contributed by atoms with van der Waals surface area (Å²) in [6.07, 6.45) is 0.926. The Morgan fingerprint density at radius 2 is 2.14 bits per heavy atom. The predicted molar refractivity (Wildman–Crippen MR) is 110 cm³/mol. The lowest BCUT2D eigenvalue weighted by Crippen LogP contribution is -2.29. The highest BCUT2D eigenvalue weighted by molar-refractivity contribution is 7.99. The van der Waals surface area contributed by atoms with Gasteiger partial charge in [0.05, 0.1) is 18.8 Å². The average molecular weight is 403 g/mol. The van der Waals surface area contributed by atoms with Crippen molar-refractivity contribution in [3.05, 3.63) is 41.1 Å². The number of carbonyl (C=O) groups is 1. The van der Waals surface area contributed by atoms with Gasteiger partial charge in [-0.3, -0.25) is 0 Å². The maximum absolute atomic E-state index is 12.8. The molecule has 1 aromatic carbocycles. The highest BCUT2D eigenvalue weighted by Gasteiger charge is 2.35. The van der Waals surface area contributed by atoms with Crippen molar-refractivity contribution in [3.8, 4) is 5.75 Å². The summed E-state index contributed by atoms with van der Waals surface area (Å²) in [6, 6.07) is 7.34. The first-order valence-corrected chi connectivity index (χ1v) is 10.5. The molecule has 150 valence electrons. The second-order valence-corrected chi connectivity index (χ2v) is 7.53. The van der Waals surface area contributed by atoms with Gasteiger partial charge < -0.3 is 14.8 Å². The standard InChI is InChI=1S/C20H26N4O3S/c1-5-11-27-15-10-8-9-14(12-15)17-16(18(25)26-6-2)13(4)21-19-22-20(28-7-3)23-24(17)19/h8-10,12,17H,5-7,11H2,1-4H3,(H,21,22,23). The minimum absolute atomic E-state index is 0.309. The van der Waals surface area contributed by atoms with Crippen LogP contribution < -0.4 is 10.1 Å². The van der Waals surface area contributed by atoms with Gasteiger partial charge in [-0.2, -0.15) is 4.98 Å². The normalized spacial score (nSPS) is 15.8. The Morgan fingerprint density at radius 1 is 1.32 bits per heavy atom. The van der Waals surface area contributed by atoms with Crippen LogP contribution in [0.3, 0.4) is 0 Å². The van der Waals surface area contributed by atoms with Crippen LogP contribution in [0.1, 0.15) is 45.7 Å².